The van der Waals surface area contributed by atoms with E-state index in [-0.39, 0.29) is 18.1 Å². The number of aliphatic carboxylic acids is 1. The zero-order valence-electron chi connectivity index (χ0n) is 14.7. The molecule has 0 aromatic heterocycles. The second-order valence-corrected chi connectivity index (χ2v) is 5.80. The number of hydrogen-bond acceptors (Lipinski definition) is 4. The minimum atomic E-state index is -2.89. The molecule has 6 nitrogen and oxygen atoms in total. The summed E-state index contributed by atoms with van der Waals surface area (Å²) in [7, 11) is 1.61. The smallest absolute Gasteiger partial charge is 0.387 e. The van der Waals surface area contributed by atoms with Crippen molar-refractivity contribution in [2.24, 2.45) is 0 Å². The van der Waals surface area contributed by atoms with E-state index in [0.29, 0.717) is 29.9 Å². The topological polar surface area (TPSA) is 78.9 Å². The van der Waals surface area contributed by atoms with Gasteiger partial charge in [-0.15, -0.1) is 0 Å². The number of carbonyl (C=O) groups excluding carboxylic acids is 1. The van der Waals surface area contributed by atoms with E-state index < -0.39 is 12.6 Å². The molecule has 0 aliphatic carbocycles. The molecular weight excluding hydrogens is 358 g/mol. The van der Waals surface area contributed by atoms with E-state index in [0.717, 1.165) is 0 Å². The van der Waals surface area contributed by atoms with Crippen molar-refractivity contribution in [2.45, 2.75) is 19.5 Å². The molecule has 0 aliphatic heterocycles. The standard InChI is InChI=1S/C19H20F2N2O4/c1-23(12-4-7-17(24)25)18(26)15-5-2-3-6-16(15)22-13-8-10-14(11-9-13)27-19(20)21/h2-3,5-6,8-11,19,22H,4,7,12H2,1H3,(H,24,25). The Balaban J connectivity index is 2.08. The van der Waals surface area contributed by atoms with Gasteiger partial charge >= 0.3 is 12.6 Å². The van der Waals surface area contributed by atoms with E-state index in [2.05, 4.69) is 10.1 Å². The van der Waals surface area contributed by atoms with E-state index in [9.17, 15) is 18.4 Å². The first kappa shape index (κ1) is 20.2. The predicted octanol–water partition coefficient (Wildman–Crippen LogP) is 3.97. The fourth-order valence-corrected chi connectivity index (χ4v) is 2.43. The second kappa shape index (κ2) is 9.51. The van der Waals surface area contributed by atoms with Crippen LogP contribution in [0.15, 0.2) is 48.5 Å². The number of carboxylic acids is 1. The van der Waals surface area contributed by atoms with Crippen molar-refractivity contribution in [1.29, 1.82) is 0 Å². The SMILES string of the molecule is CN(CCCC(=O)O)C(=O)c1ccccc1Nc1ccc(OC(F)F)cc1. The summed E-state index contributed by atoms with van der Waals surface area (Å²) in [6, 6.07) is 12.8. The summed E-state index contributed by atoms with van der Waals surface area (Å²) in [4.78, 5) is 24.7. The first-order chi connectivity index (χ1) is 12.9. The minimum Gasteiger partial charge on any atom is -0.481 e. The summed E-state index contributed by atoms with van der Waals surface area (Å²) < 4.78 is 28.7. The van der Waals surface area contributed by atoms with Gasteiger partial charge in [0.05, 0.1) is 11.3 Å². The Hall–Kier alpha value is -3.16. The number of amides is 1. The molecule has 2 aromatic carbocycles. The molecule has 144 valence electrons. The van der Waals surface area contributed by atoms with Gasteiger partial charge in [-0.1, -0.05) is 12.1 Å². The number of anilines is 2. The van der Waals surface area contributed by atoms with Crippen molar-refractivity contribution >= 4 is 23.3 Å². The summed E-state index contributed by atoms with van der Waals surface area (Å²) in [5.41, 5.74) is 1.57. The van der Waals surface area contributed by atoms with E-state index in [4.69, 9.17) is 5.11 Å². The van der Waals surface area contributed by atoms with E-state index in [1.165, 1.54) is 17.0 Å². The molecule has 0 spiro atoms. The average molecular weight is 378 g/mol. The van der Waals surface area contributed by atoms with Crippen LogP contribution in [-0.4, -0.2) is 42.1 Å². The molecule has 0 unspecified atom stereocenters. The lowest BCUT2D eigenvalue weighted by Gasteiger charge is -2.19. The Morgan fingerprint density at radius 1 is 1.15 bits per heavy atom. The molecular formula is C19H20F2N2O4. The maximum absolute atomic E-state index is 12.6. The Labute approximate surface area is 155 Å². The van der Waals surface area contributed by atoms with Gasteiger partial charge in [-0.25, -0.2) is 0 Å². The largest absolute Gasteiger partial charge is 0.481 e. The maximum atomic E-state index is 12.6. The average Bonchev–Trinajstić information content (AvgIpc) is 2.62. The van der Waals surface area contributed by atoms with Crippen LogP contribution in [0.5, 0.6) is 5.75 Å². The monoisotopic (exact) mass is 378 g/mol. The van der Waals surface area contributed by atoms with Gasteiger partial charge in [-0.05, 0) is 42.8 Å². The molecule has 8 heteroatoms. The van der Waals surface area contributed by atoms with Crippen LogP contribution < -0.4 is 10.1 Å². The number of benzene rings is 2. The summed E-state index contributed by atoms with van der Waals surface area (Å²) in [6.45, 7) is -2.57. The van der Waals surface area contributed by atoms with Crippen molar-refractivity contribution in [1.82, 2.24) is 4.90 Å². The summed E-state index contributed by atoms with van der Waals surface area (Å²) in [5, 5.41) is 11.8. The van der Waals surface area contributed by atoms with Crippen LogP contribution in [0, 0.1) is 0 Å². The molecule has 2 N–H and O–H groups in total. The normalized spacial score (nSPS) is 10.5. The minimum absolute atomic E-state index is 0.00937. The quantitative estimate of drug-likeness (QED) is 0.690. The summed E-state index contributed by atoms with van der Waals surface area (Å²) in [6.07, 6.45) is 0.351. The van der Waals surface area contributed by atoms with Crippen LogP contribution >= 0.6 is 0 Å². The highest BCUT2D eigenvalue weighted by Crippen LogP contribution is 2.24. The number of rotatable bonds is 9. The molecule has 2 rings (SSSR count). The molecule has 0 radical (unpaired) electrons. The Bertz CT molecular complexity index is 782. The number of ether oxygens (including phenoxy) is 1. The second-order valence-electron chi connectivity index (χ2n) is 5.80. The van der Waals surface area contributed by atoms with Gasteiger partial charge in [0.1, 0.15) is 5.75 Å². The highest BCUT2D eigenvalue weighted by molar-refractivity contribution is 6.00. The van der Waals surface area contributed by atoms with Gasteiger partial charge in [0.15, 0.2) is 0 Å². The molecule has 0 bridgehead atoms. The number of carbonyl (C=O) groups is 2. The van der Waals surface area contributed by atoms with E-state index in [1.807, 2.05) is 0 Å². The third-order valence-electron chi connectivity index (χ3n) is 3.75. The molecule has 0 fully saturated rings. The van der Waals surface area contributed by atoms with Crippen molar-refractivity contribution in [3.63, 3.8) is 0 Å². The summed E-state index contributed by atoms with van der Waals surface area (Å²) >= 11 is 0. The lowest BCUT2D eigenvalue weighted by molar-refractivity contribution is -0.137. The Morgan fingerprint density at radius 3 is 2.44 bits per heavy atom. The molecule has 27 heavy (non-hydrogen) atoms. The number of alkyl halides is 2. The molecule has 1 amide bonds. The molecule has 0 saturated heterocycles. The molecule has 0 heterocycles. The summed E-state index contributed by atoms with van der Waals surface area (Å²) in [5.74, 6) is -1.11. The number of para-hydroxylation sites is 1. The highest BCUT2D eigenvalue weighted by Gasteiger charge is 2.16. The molecule has 0 saturated carbocycles. The van der Waals surface area contributed by atoms with Gasteiger partial charge < -0.3 is 20.1 Å². The fourth-order valence-electron chi connectivity index (χ4n) is 2.43. The number of nitrogens with zero attached hydrogens (tertiary/aromatic N) is 1. The van der Waals surface area contributed by atoms with E-state index in [1.54, 1.807) is 43.4 Å². The zero-order chi connectivity index (χ0) is 19.8. The third-order valence-corrected chi connectivity index (χ3v) is 3.75. The van der Waals surface area contributed by atoms with Crippen molar-refractivity contribution in [3.8, 4) is 5.75 Å². The van der Waals surface area contributed by atoms with Crippen LogP contribution in [0.2, 0.25) is 0 Å². The van der Waals surface area contributed by atoms with Crippen molar-refractivity contribution < 1.29 is 28.2 Å². The zero-order valence-corrected chi connectivity index (χ0v) is 14.7. The Kier molecular flexibility index (Phi) is 7.10. The first-order valence-corrected chi connectivity index (χ1v) is 8.25. The van der Waals surface area contributed by atoms with Gasteiger partial charge in [-0.2, -0.15) is 8.78 Å². The van der Waals surface area contributed by atoms with Gasteiger partial charge in [0.2, 0.25) is 0 Å². The highest BCUT2D eigenvalue weighted by atomic mass is 19.3. The maximum Gasteiger partial charge on any atom is 0.387 e. The lowest BCUT2D eigenvalue weighted by Crippen LogP contribution is -2.28. The van der Waals surface area contributed by atoms with Crippen LogP contribution in [0.3, 0.4) is 0 Å². The predicted molar refractivity (Wildman–Crippen MR) is 96.6 cm³/mol. The fraction of sp³-hybridized carbons (Fsp3) is 0.263. The lowest BCUT2D eigenvalue weighted by atomic mass is 10.1. The van der Waals surface area contributed by atoms with Gasteiger partial charge in [0.25, 0.3) is 5.91 Å². The number of halogens is 2. The van der Waals surface area contributed by atoms with Gasteiger partial charge in [-0.3, -0.25) is 9.59 Å². The van der Waals surface area contributed by atoms with Crippen LogP contribution in [-0.2, 0) is 4.79 Å². The third kappa shape index (κ3) is 6.25. The molecule has 0 atom stereocenters. The van der Waals surface area contributed by atoms with Crippen LogP contribution in [0.25, 0.3) is 0 Å². The molecule has 2 aromatic rings. The van der Waals surface area contributed by atoms with Crippen molar-refractivity contribution in [2.75, 3.05) is 18.9 Å². The van der Waals surface area contributed by atoms with Gasteiger partial charge in [0, 0.05) is 25.7 Å². The number of carboxylic acid groups (broad SMARTS) is 1. The van der Waals surface area contributed by atoms with Crippen LogP contribution in [0.1, 0.15) is 23.2 Å². The molecule has 0 aliphatic rings. The van der Waals surface area contributed by atoms with Crippen LogP contribution in [0.4, 0.5) is 20.2 Å². The number of hydrogen-bond donors (Lipinski definition) is 2. The first-order valence-electron chi connectivity index (χ1n) is 8.25. The Morgan fingerprint density at radius 2 is 1.81 bits per heavy atom. The number of nitrogens with one attached hydrogen (secondary N) is 1. The van der Waals surface area contributed by atoms with Crippen molar-refractivity contribution in [3.05, 3.63) is 54.1 Å². The van der Waals surface area contributed by atoms with E-state index >= 15 is 0 Å².